The summed E-state index contributed by atoms with van der Waals surface area (Å²) >= 11 is 0. The summed E-state index contributed by atoms with van der Waals surface area (Å²) in [6, 6.07) is 6.12. The molecule has 3 aromatic heterocycles. The summed E-state index contributed by atoms with van der Waals surface area (Å²) in [4.78, 5) is 30.5. The Hall–Kier alpha value is -4.16. The van der Waals surface area contributed by atoms with Crippen LogP contribution in [0.4, 0.5) is 20.4 Å². The van der Waals surface area contributed by atoms with Gasteiger partial charge in [-0.15, -0.1) is 0 Å². The van der Waals surface area contributed by atoms with Crippen molar-refractivity contribution >= 4 is 28.4 Å². The fourth-order valence-electron chi connectivity index (χ4n) is 4.22. The van der Waals surface area contributed by atoms with Crippen molar-refractivity contribution in [2.24, 2.45) is 0 Å². The molecule has 4 heterocycles. The third kappa shape index (κ3) is 5.20. The summed E-state index contributed by atoms with van der Waals surface area (Å²) in [6.45, 7) is 6.35. The quantitative estimate of drug-likeness (QED) is 0.300. The number of hydrogen-bond donors (Lipinski definition) is 4. The van der Waals surface area contributed by atoms with E-state index in [-0.39, 0.29) is 28.2 Å². The van der Waals surface area contributed by atoms with Crippen LogP contribution in [0.1, 0.15) is 21.6 Å². The molecule has 0 atom stereocenters. The summed E-state index contributed by atoms with van der Waals surface area (Å²) in [6.07, 6.45) is 2.92. The first-order valence-corrected chi connectivity index (χ1v) is 11.8. The van der Waals surface area contributed by atoms with Crippen molar-refractivity contribution in [1.29, 1.82) is 0 Å². The van der Waals surface area contributed by atoms with Gasteiger partial charge in [-0.25, -0.2) is 23.7 Å². The average Bonchev–Trinajstić information content (AvgIpc) is 3.31. The SMILES string of the molecule is CNC(=O)c1c(Nc2ccc(CN3CCNCC3)cn2)ncnc1Oc1cc(F)c2[nH]c(C)cc2c1F. The second kappa shape index (κ2) is 10.4. The number of rotatable bonds is 7. The molecule has 1 aliphatic heterocycles. The Labute approximate surface area is 211 Å². The van der Waals surface area contributed by atoms with Crippen LogP contribution < -0.4 is 20.7 Å². The number of anilines is 2. The van der Waals surface area contributed by atoms with Gasteiger partial charge in [0, 0.05) is 63.1 Å². The van der Waals surface area contributed by atoms with Gasteiger partial charge in [-0.2, -0.15) is 0 Å². The molecule has 0 saturated carbocycles. The van der Waals surface area contributed by atoms with E-state index in [1.807, 2.05) is 6.07 Å². The van der Waals surface area contributed by atoms with Gasteiger partial charge in [0.2, 0.25) is 5.88 Å². The number of fused-ring (bicyclic) bond motifs is 1. The summed E-state index contributed by atoms with van der Waals surface area (Å²) in [5.41, 5.74) is 1.60. The molecule has 4 aromatic rings. The van der Waals surface area contributed by atoms with E-state index in [1.54, 1.807) is 19.2 Å². The highest BCUT2D eigenvalue weighted by Crippen LogP contribution is 2.34. The molecule has 0 spiro atoms. The van der Waals surface area contributed by atoms with E-state index in [2.05, 4.69) is 40.8 Å². The fourth-order valence-corrected chi connectivity index (χ4v) is 4.22. The van der Waals surface area contributed by atoms with Crippen LogP contribution in [0.2, 0.25) is 0 Å². The Morgan fingerprint density at radius 3 is 2.70 bits per heavy atom. The number of hydrogen-bond acceptors (Lipinski definition) is 8. The van der Waals surface area contributed by atoms with Gasteiger partial charge in [0.05, 0.1) is 5.52 Å². The van der Waals surface area contributed by atoms with Gasteiger partial charge in [-0.1, -0.05) is 6.07 Å². The molecule has 37 heavy (non-hydrogen) atoms. The fraction of sp³-hybridized carbons (Fsp3) is 0.280. The number of piperazine rings is 1. The third-order valence-electron chi connectivity index (χ3n) is 6.06. The topological polar surface area (TPSA) is 120 Å². The number of halogens is 2. The van der Waals surface area contributed by atoms with Gasteiger partial charge in [-0.05, 0) is 24.6 Å². The Balaban J connectivity index is 1.42. The molecule has 1 saturated heterocycles. The zero-order chi connectivity index (χ0) is 25.9. The molecule has 0 unspecified atom stereocenters. The molecule has 1 aromatic carbocycles. The highest BCUT2D eigenvalue weighted by atomic mass is 19.1. The molecule has 10 nitrogen and oxygen atoms in total. The number of nitrogens with zero attached hydrogens (tertiary/aromatic N) is 4. The number of aromatic nitrogens is 4. The average molecular weight is 509 g/mol. The standard InChI is InChI=1S/C25H26F2N8O2/c1-14-9-16-21(27)18(10-17(26)22(16)33-14)37-25-20(24(36)28-2)23(31-13-32-25)34-19-4-3-15(11-30-19)12-35-7-5-29-6-8-35/h3-4,9-11,13,29,33H,5-8,12H2,1-2H3,(H,28,36)(H,30,31,32,34). The Morgan fingerprint density at radius 2 is 1.97 bits per heavy atom. The summed E-state index contributed by atoms with van der Waals surface area (Å²) in [5.74, 6) is -2.15. The van der Waals surface area contributed by atoms with Crippen LogP contribution in [0.25, 0.3) is 10.9 Å². The predicted octanol–water partition coefficient (Wildman–Crippen LogP) is 3.24. The zero-order valence-corrected chi connectivity index (χ0v) is 20.4. The first-order chi connectivity index (χ1) is 17.9. The second-order valence-electron chi connectivity index (χ2n) is 8.70. The maximum atomic E-state index is 15.1. The number of ether oxygens (including phenoxy) is 1. The molecule has 4 N–H and O–H groups in total. The number of H-pyrrole nitrogens is 1. The van der Waals surface area contributed by atoms with Crippen LogP contribution in [0.3, 0.4) is 0 Å². The van der Waals surface area contributed by atoms with E-state index >= 15 is 4.39 Å². The van der Waals surface area contributed by atoms with E-state index in [0.717, 1.165) is 50.7 Å². The lowest BCUT2D eigenvalue weighted by Crippen LogP contribution is -2.42. The number of pyridine rings is 1. The summed E-state index contributed by atoms with van der Waals surface area (Å²) in [5, 5.41) is 8.87. The minimum Gasteiger partial charge on any atom is -0.435 e. The molecule has 0 radical (unpaired) electrons. The van der Waals surface area contributed by atoms with E-state index in [9.17, 15) is 9.18 Å². The maximum absolute atomic E-state index is 15.1. The highest BCUT2D eigenvalue weighted by molar-refractivity contribution is 6.01. The molecule has 5 rings (SSSR count). The van der Waals surface area contributed by atoms with E-state index in [4.69, 9.17) is 4.74 Å². The van der Waals surface area contributed by atoms with Gasteiger partial charge in [0.25, 0.3) is 5.91 Å². The van der Waals surface area contributed by atoms with Gasteiger partial charge in [0.1, 0.15) is 17.7 Å². The van der Waals surface area contributed by atoms with Gasteiger partial charge in [-0.3, -0.25) is 9.69 Å². The minimum atomic E-state index is -0.779. The van der Waals surface area contributed by atoms with Crippen molar-refractivity contribution < 1.29 is 18.3 Å². The van der Waals surface area contributed by atoms with Gasteiger partial charge >= 0.3 is 0 Å². The van der Waals surface area contributed by atoms with E-state index in [1.165, 1.54) is 13.1 Å². The number of carbonyl (C=O) groups excluding carboxylic acids is 1. The molecule has 0 aliphatic carbocycles. The normalized spacial score (nSPS) is 14.1. The van der Waals surface area contributed by atoms with Crippen molar-refractivity contribution in [3.8, 4) is 11.6 Å². The monoisotopic (exact) mass is 508 g/mol. The first-order valence-electron chi connectivity index (χ1n) is 11.8. The Morgan fingerprint density at radius 1 is 1.16 bits per heavy atom. The van der Waals surface area contributed by atoms with Crippen LogP contribution in [-0.2, 0) is 6.54 Å². The van der Waals surface area contributed by atoms with Gasteiger partial charge in [0.15, 0.2) is 23.2 Å². The number of benzene rings is 1. The maximum Gasteiger partial charge on any atom is 0.260 e. The van der Waals surface area contributed by atoms with Crippen molar-refractivity contribution in [2.75, 3.05) is 38.5 Å². The third-order valence-corrected chi connectivity index (χ3v) is 6.06. The molecule has 0 bridgehead atoms. The molecule has 1 aliphatic rings. The van der Waals surface area contributed by atoms with Crippen LogP contribution in [0.5, 0.6) is 11.6 Å². The lowest BCUT2D eigenvalue weighted by molar-refractivity contribution is 0.0960. The Bertz CT molecular complexity index is 1440. The molecule has 192 valence electrons. The predicted molar refractivity (Wildman–Crippen MR) is 134 cm³/mol. The Kier molecular flexibility index (Phi) is 6.93. The first kappa shape index (κ1) is 24.5. The minimum absolute atomic E-state index is 0.0328. The number of carbonyl (C=O) groups is 1. The summed E-state index contributed by atoms with van der Waals surface area (Å²) < 4.78 is 35.4. The van der Waals surface area contributed by atoms with Gasteiger partial charge < -0.3 is 25.7 Å². The largest absolute Gasteiger partial charge is 0.435 e. The number of aryl methyl sites for hydroxylation is 1. The number of aromatic amines is 1. The number of amides is 1. The molecule has 1 amide bonds. The van der Waals surface area contributed by atoms with Crippen molar-refractivity contribution in [1.82, 2.24) is 35.5 Å². The van der Waals surface area contributed by atoms with Crippen LogP contribution in [0, 0.1) is 18.6 Å². The van der Waals surface area contributed by atoms with E-state index < -0.39 is 23.3 Å². The van der Waals surface area contributed by atoms with Crippen LogP contribution in [-0.4, -0.2) is 64.0 Å². The second-order valence-corrected chi connectivity index (χ2v) is 8.70. The van der Waals surface area contributed by atoms with E-state index in [0.29, 0.717) is 11.5 Å². The smallest absolute Gasteiger partial charge is 0.260 e. The van der Waals surface area contributed by atoms with Crippen molar-refractivity contribution in [3.63, 3.8) is 0 Å². The molecule has 12 heteroatoms. The highest BCUT2D eigenvalue weighted by Gasteiger charge is 2.23. The summed E-state index contributed by atoms with van der Waals surface area (Å²) in [7, 11) is 1.43. The van der Waals surface area contributed by atoms with Crippen molar-refractivity contribution in [2.45, 2.75) is 13.5 Å². The zero-order valence-electron chi connectivity index (χ0n) is 20.4. The van der Waals surface area contributed by atoms with Crippen LogP contribution in [0.15, 0.2) is 36.8 Å². The number of nitrogens with one attached hydrogen (secondary N) is 4. The lowest BCUT2D eigenvalue weighted by atomic mass is 10.2. The molecular weight excluding hydrogens is 482 g/mol. The van der Waals surface area contributed by atoms with Crippen LogP contribution >= 0.6 is 0 Å². The molecular formula is C25H26F2N8O2. The molecule has 1 fully saturated rings. The lowest BCUT2D eigenvalue weighted by Gasteiger charge is -2.27. The van der Waals surface area contributed by atoms with Crippen molar-refractivity contribution in [3.05, 3.63) is 65.2 Å².